The largest absolute Gasteiger partial charge is 0.492 e. The van der Waals surface area contributed by atoms with Gasteiger partial charge < -0.3 is 18.8 Å². The van der Waals surface area contributed by atoms with Crippen molar-refractivity contribution in [2.45, 2.75) is 45.8 Å². The second kappa shape index (κ2) is 5.48. The average Bonchev–Trinajstić information content (AvgIpc) is 2.91. The molecule has 1 aliphatic rings. The molecule has 3 rings (SSSR count). The van der Waals surface area contributed by atoms with Crippen LogP contribution in [-0.2, 0) is 9.31 Å². The van der Waals surface area contributed by atoms with Gasteiger partial charge in [0.05, 0.1) is 17.8 Å². The maximum atomic E-state index is 9.74. The van der Waals surface area contributed by atoms with Crippen LogP contribution in [0.4, 0.5) is 0 Å². The third-order valence-corrected chi connectivity index (χ3v) is 4.61. The Hall–Kier alpha value is -1.63. The lowest BCUT2D eigenvalue weighted by Crippen LogP contribution is -2.41. The Morgan fingerprint density at radius 1 is 1.22 bits per heavy atom. The molecule has 1 aliphatic heterocycles. The summed E-state index contributed by atoms with van der Waals surface area (Å²) in [5, 5.41) is 9.74. The van der Waals surface area contributed by atoms with Crippen molar-refractivity contribution in [1.29, 1.82) is 0 Å². The SMILES string of the molecule is Cc1nc2ccc(C=C(CO)B3OC(C)(C)C(C)(C)O3)cc2o1. The number of benzene rings is 1. The van der Waals surface area contributed by atoms with Crippen LogP contribution in [0, 0.1) is 6.92 Å². The van der Waals surface area contributed by atoms with Gasteiger partial charge in [0.1, 0.15) is 5.52 Å². The van der Waals surface area contributed by atoms with Gasteiger partial charge in [0.2, 0.25) is 0 Å². The van der Waals surface area contributed by atoms with Crippen molar-refractivity contribution in [3.8, 4) is 0 Å². The van der Waals surface area contributed by atoms with Gasteiger partial charge in [-0.2, -0.15) is 0 Å². The first-order valence-electron chi connectivity index (χ1n) is 7.76. The van der Waals surface area contributed by atoms with Crippen LogP contribution in [0.3, 0.4) is 0 Å². The van der Waals surface area contributed by atoms with Crippen molar-refractivity contribution in [2.75, 3.05) is 6.61 Å². The number of aliphatic hydroxyl groups excluding tert-OH is 1. The fourth-order valence-electron chi connectivity index (χ4n) is 2.54. The Morgan fingerprint density at radius 2 is 1.87 bits per heavy atom. The van der Waals surface area contributed by atoms with Crippen molar-refractivity contribution in [3.63, 3.8) is 0 Å². The summed E-state index contributed by atoms with van der Waals surface area (Å²) in [4.78, 5) is 4.28. The minimum Gasteiger partial charge on any atom is -0.441 e. The molecule has 0 atom stereocenters. The van der Waals surface area contributed by atoms with E-state index in [-0.39, 0.29) is 6.61 Å². The number of aliphatic hydroxyl groups is 1. The number of oxazole rings is 1. The molecule has 1 fully saturated rings. The van der Waals surface area contributed by atoms with Gasteiger partial charge in [-0.05, 0) is 50.9 Å². The molecule has 0 unspecified atom stereocenters. The van der Waals surface area contributed by atoms with Gasteiger partial charge >= 0.3 is 7.12 Å². The molecule has 0 bridgehead atoms. The van der Waals surface area contributed by atoms with Gasteiger partial charge in [0.25, 0.3) is 0 Å². The highest BCUT2D eigenvalue weighted by atomic mass is 16.7. The molecule has 122 valence electrons. The number of hydrogen-bond donors (Lipinski definition) is 1. The van der Waals surface area contributed by atoms with Crippen LogP contribution in [0.2, 0.25) is 0 Å². The fourth-order valence-corrected chi connectivity index (χ4v) is 2.54. The maximum Gasteiger partial charge on any atom is 0.492 e. The lowest BCUT2D eigenvalue weighted by molar-refractivity contribution is 0.00578. The Labute approximate surface area is 136 Å². The standard InChI is InChI=1S/C17H22BNO4/c1-11-19-14-7-6-12(9-15(14)21-11)8-13(10-20)18-22-16(2,3)17(4,5)23-18/h6-9,20H,10H2,1-5H3. The van der Waals surface area contributed by atoms with E-state index < -0.39 is 18.3 Å². The molecular weight excluding hydrogens is 293 g/mol. The number of fused-ring (bicyclic) bond motifs is 1. The molecule has 2 heterocycles. The van der Waals surface area contributed by atoms with Crippen LogP contribution >= 0.6 is 0 Å². The Bertz CT molecular complexity index is 747. The van der Waals surface area contributed by atoms with E-state index >= 15 is 0 Å². The lowest BCUT2D eigenvalue weighted by Gasteiger charge is -2.32. The van der Waals surface area contributed by atoms with E-state index in [0.29, 0.717) is 11.4 Å². The molecular formula is C17H22BNO4. The Morgan fingerprint density at radius 3 is 2.48 bits per heavy atom. The molecule has 0 spiro atoms. The van der Waals surface area contributed by atoms with Crippen molar-refractivity contribution >= 4 is 24.3 Å². The summed E-state index contributed by atoms with van der Waals surface area (Å²) in [6, 6.07) is 5.73. The van der Waals surface area contributed by atoms with E-state index in [0.717, 1.165) is 16.7 Å². The average molecular weight is 315 g/mol. The topological polar surface area (TPSA) is 64.7 Å². The minimum atomic E-state index is -0.558. The highest BCUT2D eigenvalue weighted by Gasteiger charge is 2.52. The van der Waals surface area contributed by atoms with Crippen molar-refractivity contribution in [2.24, 2.45) is 0 Å². The first-order valence-corrected chi connectivity index (χ1v) is 7.76. The molecule has 6 heteroatoms. The fraction of sp³-hybridized carbons (Fsp3) is 0.471. The summed E-state index contributed by atoms with van der Waals surface area (Å²) in [6.45, 7) is 9.65. The molecule has 0 amide bonds. The van der Waals surface area contributed by atoms with Crippen LogP contribution in [0.15, 0.2) is 28.1 Å². The quantitative estimate of drug-likeness (QED) is 0.882. The molecule has 5 nitrogen and oxygen atoms in total. The molecule has 1 aromatic carbocycles. The van der Waals surface area contributed by atoms with E-state index in [4.69, 9.17) is 13.7 Å². The molecule has 0 aliphatic carbocycles. The monoisotopic (exact) mass is 315 g/mol. The third kappa shape index (κ3) is 2.94. The van der Waals surface area contributed by atoms with Gasteiger partial charge in [-0.3, -0.25) is 0 Å². The van der Waals surface area contributed by atoms with Crippen LogP contribution in [0.1, 0.15) is 39.1 Å². The van der Waals surface area contributed by atoms with Crippen LogP contribution in [-0.4, -0.2) is 35.0 Å². The third-order valence-electron chi connectivity index (χ3n) is 4.61. The smallest absolute Gasteiger partial charge is 0.441 e. The zero-order valence-electron chi connectivity index (χ0n) is 14.2. The van der Waals surface area contributed by atoms with Crippen LogP contribution in [0.5, 0.6) is 0 Å². The highest BCUT2D eigenvalue weighted by Crippen LogP contribution is 2.38. The molecule has 23 heavy (non-hydrogen) atoms. The van der Waals surface area contributed by atoms with E-state index in [1.807, 2.05) is 58.9 Å². The number of aryl methyl sites for hydroxylation is 1. The second-order valence-electron chi connectivity index (χ2n) is 6.93. The molecule has 0 radical (unpaired) electrons. The van der Waals surface area contributed by atoms with E-state index in [2.05, 4.69) is 4.98 Å². The predicted octanol–water partition coefficient (Wildman–Crippen LogP) is 3.14. The summed E-state index contributed by atoms with van der Waals surface area (Å²) >= 11 is 0. The van der Waals surface area contributed by atoms with Crippen molar-refractivity contribution in [1.82, 2.24) is 4.98 Å². The summed E-state index contributed by atoms with van der Waals surface area (Å²) < 4.78 is 17.5. The lowest BCUT2D eigenvalue weighted by atomic mass is 9.77. The molecule has 1 aromatic heterocycles. The van der Waals surface area contributed by atoms with Crippen LogP contribution in [0.25, 0.3) is 17.2 Å². The van der Waals surface area contributed by atoms with Gasteiger partial charge in [-0.25, -0.2) is 4.98 Å². The van der Waals surface area contributed by atoms with Gasteiger partial charge in [0.15, 0.2) is 11.5 Å². The molecule has 1 saturated heterocycles. The van der Waals surface area contributed by atoms with E-state index in [9.17, 15) is 5.11 Å². The van der Waals surface area contributed by atoms with Gasteiger partial charge in [-0.15, -0.1) is 0 Å². The normalized spacial score (nSPS) is 20.4. The first kappa shape index (κ1) is 16.2. The van der Waals surface area contributed by atoms with Gasteiger partial charge in [-0.1, -0.05) is 12.1 Å². The van der Waals surface area contributed by atoms with Gasteiger partial charge in [0, 0.05) is 6.92 Å². The zero-order chi connectivity index (χ0) is 16.8. The van der Waals surface area contributed by atoms with E-state index in [1.165, 1.54) is 0 Å². The number of aromatic nitrogens is 1. The number of nitrogens with zero attached hydrogens (tertiary/aromatic N) is 1. The van der Waals surface area contributed by atoms with Crippen LogP contribution < -0.4 is 0 Å². The zero-order valence-corrected chi connectivity index (χ0v) is 14.2. The van der Waals surface area contributed by atoms with Crippen molar-refractivity contribution < 1.29 is 18.8 Å². The summed E-state index contributed by atoms with van der Waals surface area (Å²) in [7, 11) is -0.558. The summed E-state index contributed by atoms with van der Waals surface area (Å²) in [5.74, 6) is 0.634. The predicted molar refractivity (Wildman–Crippen MR) is 89.9 cm³/mol. The maximum absolute atomic E-state index is 9.74. The highest BCUT2D eigenvalue weighted by molar-refractivity contribution is 6.55. The Kier molecular flexibility index (Phi) is 3.87. The molecule has 0 saturated carbocycles. The Balaban J connectivity index is 1.92. The molecule has 1 N–H and O–H groups in total. The first-order chi connectivity index (χ1) is 10.7. The number of rotatable bonds is 3. The summed E-state index contributed by atoms with van der Waals surface area (Å²) in [5.41, 5.74) is 2.27. The second-order valence-corrected chi connectivity index (χ2v) is 6.93. The molecule has 2 aromatic rings. The summed E-state index contributed by atoms with van der Waals surface area (Å²) in [6.07, 6.45) is 1.87. The minimum absolute atomic E-state index is 0.135. The van der Waals surface area contributed by atoms with E-state index in [1.54, 1.807) is 0 Å². The number of hydrogen-bond acceptors (Lipinski definition) is 5. The van der Waals surface area contributed by atoms with Crippen molar-refractivity contribution in [3.05, 3.63) is 35.1 Å².